The zero-order valence-corrected chi connectivity index (χ0v) is 18.9. The number of hydrogen-bond donors (Lipinski definition) is 1. The van der Waals surface area contributed by atoms with Crippen molar-refractivity contribution < 1.29 is 18.7 Å². The van der Waals surface area contributed by atoms with Crippen molar-refractivity contribution in [1.82, 2.24) is 9.47 Å². The number of carbonyl (C=O) groups is 2. The normalized spacial score (nSPS) is 14.0. The predicted octanol–water partition coefficient (Wildman–Crippen LogP) is 4.08. The van der Waals surface area contributed by atoms with Gasteiger partial charge in [-0.05, 0) is 43.5 Å². The Bertz CT molecular complexity index is 1410. The first-order valence-electron chi connectivity index (χ1n) is 10.8. The van der Waals surface area contributed by atoms with Gasteiger partial charge in [0.25, 0.3) is 5.91 Å². The Morgan fingerprint density at radius 2 is 1.97 bits per heavy atom. The summed E-state index contributed by atoms with van der Waals surface area (Å²) in [5, 5.41) is 5.50. The van der Waals surface area contributed by atoms with Crippen molar-refractivity contribution in [2.45, 2.75) is 25.8 Å². The third-order valence-electron chi connectivity index (χ3n) is 5.96. The van der Waals surface area contributed by atoms with E-state index in [2.05, 4.69) is 5.32 Å². The van der Waals surface area contributed by atoms with Gasteiger partial charge in [-0.1, -0.05) is 12.1 Å². The monoisotopic (exact) mass is 465 g/mol. The minimum atomic E-state index is -0.588. The molecule has 170 valence electrons. The van der Waals surface area contributed by atoms with E-state index in [4.69, 9.17) is 9.15 Å². The number of ether oxygens (including phenoxy) is 1. The molecule has 1 N–H and O–H groups in total. The molecule has 1 aliphatic rings. The Kier molecular flexibility index (Phi) is 5.63. The van der Waals surface area contributed by atoms with E-state index in [1.807, 2.05) is 18.2 Å². The van der Waals surface area contributed by atoms with Crippen LogP contribution in [0.15, 0.2) is 51.0 Å². The van der Waals surface area contributed by atoms with Crippen LogP contribution in [-0.4, -0.2) is 41.5 Å². The summed E-state index contributed by atoms with van der Waals surface area (Å²) < 4.78 is 12.9. The van der Waals surface area contributed by atoms with E-state index >= 15 is 0 Å². The quantitative estimate of drug-likeness (QED) is 0.479. The van der Waals surface area contributed by atoms with Gasteiger partial charge < -0.3 is 19.4 Å². The molecule has 5 rings (SSSR count). The van der Waals surface area contributed by atoms with Gasteiger partial charge in [0.1, 0.15) is 12.3 Å². The van der Waals surface area contributed by atoms with E-state index in [9.17, 15) is 14.4 Å². The molecule has 1 aliphatic heterocycles. The van der Waals surface area contributed by atoms with Crippen molar-refractivity contribution in [3.8, 4) is 5.75 Å². The molecule has 0 radical (unpaired) electrons. The van der Waals surface area contributed by atoms with Gasteiger partial charge in [0, 0.05) is 29.5 Å². The zero-order valence-electron chi connectivity index (χ0n) is 18.1. The number of hydrogen-bond acceptors (Lipinski definition) is 6. The third-order valence-corrected chi connectivity index (χ3v) is 6.97. The fraction of sp³-hybridized carbons (Fsp3) is 0.292. The maximum absolute atomic E-state index is 13.0. The van der Waals surface area contributed by atoms with Gasteiger partial charge in [-0.2, -0.15) is 0 Å². The van der Waals surface area contributed by atoms with E-state index in [1.54, 1.807) is 35.6 Å². The van der Waals surface area contributed by atoms with E-state index in [1.165, 1.54) is 15.9 Å². The minimum absolute atomic E-state index is 0.0851. The van der Waals surface area contributed by atoms with E-state index in [0.717, 1.165) is 35.1 Å². The minimum Gasteiger partial charge on any atom is -0.495 e. The number of amides is 2. The van der Waals surface area contributed by atoms with Crippen molar-refractivity contribution in [3.63, 3.8) is 0 Å². The lowest BCUT2D eigenvalue weighted by molar-refractivity contribution is -0.132. The highest BCUT2D eigenvalue weighted by molar-refractivity contribution is 7.18. The summed E-state index contributed by atoms with van der Waals surface area (Å²) in [6, 6.07) is 10.6. The lowest BCUT2D eigenvalue weighted by atomic mass is 10.1. The van der Waals surface area contributed by atoms with Gasteiger partial charge >= 0.3 is 5.76 Å². The number of benzene rings is 2. The molecule has 9 heteroatoms. The fourth-order valence-electron chi connectivity index (χ4n) is 4.23. The summed E-state index contributed by atoms with van der Waals surface area (Å²) in [6.45, 7) is 1.34. The third kappa shape index (κ3) is 4.00. The van der Waals surface area contributed by atoms with Crippen LogP contribution in [0.25, 0.3) is 21.2 Å². The van der Waals surface area contributed by atoms with Crippen LogP contribution in [0, 0.1) is 0 Å². The first kappa shape index (κ1) is 21.3. The number of piperidine rings is 1. The van der Waals surface area contributed by atoms with Crippen LogP contribution < -0.4 is 15.8 Å². The molecule has 3 heterocycles. The highest BCUT2D eigenvalue weighted by Gasteiger charge is 2.20. The van der Waals surface area contributed by atoms with Crippen LogP contribution in [0.2, 0.25) is 0 Å². The smallest absolute Gasteiger partial charge is 0.420 e. The molecule has 8 nitrogen and oxygen atoms in total. The average Bonchev–Trinajstić information content (AvgIpc) is 3.40. The number of thiophene rings is 1. The molecular formula is C24H23N3O5S. The van der Waals surface area contributed by atoms with Crippen molar-refractivity contribution >= 4 is 50.0 Å². The molecule has 0 bridgehead atoms. The molecule has 1 saturated heterocycles. The van der Waals surface area contributed by atoms with Gasteiger partial charge in [-0.15, -0.1) is 11.3 Å². The molecule has 33 heavy (non-hydrogen) atoms. The van der Waals surface area contributed by atoms with Crippen LogP contribution in [0.4, 0.5) is 5.69 Å². The van der Waals surface area contributed by atoms with E-state index < -0.39 is 5.76 Å². The van der Waals surface area contributed by atoms with Crippen LogP contribution in [-0.2, 0) is 11.3 Å². The number of nitrogens with one attached hydrogen (secondary N) is 1. The molecule has 2 aromatic carbocycles. The molecule has 1 fully saturated rings. The Hall–Kier alpha value is -3.59. The van der Waals surface area contributed by atoms with Crippen LogP contribution in [0.1, 0.15) is 29.6 Å². The number of oxazole rings is 1. The summed E-state index contributed by atoms with van der Waals surface area (Å²) in [7, 11) is 1.60. The Labute approximate surface area is 193 Å². The number of nitrogens with zero attached hydrogens (tertiary/aromatic N) is 2. The van der Waals surface area contributed by atoms with Gasteiger partial charge in [0.15, 0.2) is 5.58 Å². The highest BCUT2D eigenvalue weighted by atomic mass is 32.1. The summed E-state index contributed by atoms with van der Waals surface area (Å²) in [4.78, 5) is 39.9. The van der Waals surface area contributed by atoms with E-state index in [0.29, 0.717) is 35.4 Å². The summed E-state index contributed by atoms with van der Waals surface area (Å²) >= 11 is 1.44. The van der Waals surface area contributed by atoms with Gasteiger partial charge in [0.2, 0.25) is 5.91 Å². The van der Waals surface area contributed by atoms with E-state index in [-0.39, 0.29) is 18.4 Å². The summed E-state index contributed by atoms with van der Waals surface area (Å²) in [5.74, 6) is -0.239. The Morgan fingerprint density at radius 3 is 2.76 bits per heavy atom. The standard InChI is InChI=1S/C24H23N3O5S/c1-31-20-7-5-6-16-17(14-33-22(16)20)23(29)25-15-8-9-19-18(12-15)27(24(30)32-19)13-21(28)26-10-3-2-4-11-26/h5-9,12,14H,2-4,10-11,13H2,1H3,(H,25,29). The fourth-order valence-corrected chi connectivity index (χ4v) is 5.28. The first-order chi connectivity index (χ1) is 16.0. The highest BCUT2D eigenvalue weighted by Crippen LogP contribution is 2.34. The van der Waals surface area contributed by atoms with Gasteiger partial charge in [-0.25, -0.2) is 4.79 Å². The van der Waals surface area contributed by atoms with Crippen molar-refractivity contribution in [1.29, 1.82) is 0 Å². The Balaban J connectivity index is 1.41. The predicted molar refractivity (Wildman–Crippen MR) is 127 cm³/mol. The molecule has 0 aliphatic carbocycles. The second kappa shape index (κ2) is 8.74. The average molecular weight is 466 g/mol. The maximum Gasteiger partial charge on any atom is 0.420 e. The van der Waals surface area contributed by atoms with Crippen molar-refractivity contribution in [2.24, 2.45) is 0 Å². The topological polar surface area (TPSA) is 93.8 Å². The molecular weight excluding hydrogens is 442 g/mol. The van der Waals surface area contributed by atoms with Crippen LogP contribution >= 0.6 is 11.3 Å². The summed E-state index contributed by atoms with van der Waals surface area (Å²) in [5.41, 5.74) is 1.89. The molecule has 0 atom stereocenters. The van der Waals surface area contributed by atoms with Crippen LogP contribution in [0.3, 0.4) is 0 Å². The number of fused-ring (bicyclic) bond motifs is 2. The van der Waals surface area contributed by atoms with Gasteiger partial charge in [0.05, 0.1) is 22.9 Å². The largest absolute Gasteiger partial charge is 0.495 e. The number of methoxy groups -OCH3 is 1. The Morgan fingerprint density at radius 1 is 1.15 bits per heavy atom. The molecule has 4 aromatic rings. The second-order valence-corrected chi connectivity index (χ2v) is 8.90. The number of likely N-dealkylation sites (tertiary alicyclic amines) is 1. The second-order valence-electron chi connectivity index (χ2n) is 8.02. The molecule has 0 spiro atoms. The molecule has 2 amide bonds. The van der Waals surface area contributed by atoms with Gasteiger partial charge in [-0.3, -0.25) is 14.2 Å². The van der Waals surface area contributed by atoms with Crippen LogP contribution in [0.5, 0.6) is 5.75 Å². The lowest BCUT2D eigenvalue weighted by Gasteiger charge is -2.26. The number of aromatic nitrogens is 1. The maximum atomic E-state index is 13.0. The summed E-state index contributed by atoms with van der Waals surface area (Å²) in [6.07, 6.45) is 3.08. The van der Waals surface area contributed by atoms with Crippen molar-refractivity contribution in [3.05, 3.63) is 57.9 Å². The number of anilines is 1. The first-order valence-corrected chi connectivity index (χ1v) is 11.7. The molecule has 0 saturated carbocycles. The number of carbonyl (C=O) groups excluding carboxylic acids is 2. The molecule has 0 unspecified atom stereocenters. The zero-order chi connectivity index (χ0) is 22.9. The number of rotatable bonds is 5. The lowest BCUT2D eigenvalue weighted by Crippen LogP contribution is -2.39. The SMILES string of the molecule is COc1cccc2c(C(=O)Nc3ccc4oc(=O)n(CC(=O)N5CCCCC5)c4c3)csc12. The van der Waals surface area contributed by atoms with Crippen molar-refractivity contribution in [2.75, 3.05) is 25.5 Å². The molecule has 2 aromatic heterocycles.